The first-order valence-corrected chi connectivity index (χ1v) is 9.38. The first-order valence-electron chi connectivity index (χ1n) is 7.58. The van der Waals surface area contributed by atoms with E-state index in [1.165, 1.54) is 12.5 Å². The van der Waals surface area contributed by atoms with Crippen LogP contribution in [0.15, 0.2) is 65.3 Å². The zero-order chi connectivity index (χ0) is 17.6. The van der Waals surface area contributed by atoms with Crippen molar-refractivity contribution in [3.8, 4) is 5.75 Å². The monoisotopic (exact) mass is 369 g/mol. The molecule has 0 aliphatic carbocycles. The number of carbonyl (C=O) groups excluding carboxylic acids is 2. The molecule has 1 aliphatic heterocycles. The van der Waals surface area contributed by atoms with Gasteiger partial charge < -0.3 is 4.74 Å². The molecule has 2 aromatic rings. The van der Waals surface area contributed by atoms with Gasteiger partial charge in [-0.15, -0.1) is 0 Å². The minimum atomic E-state index is -0.363. The Bertz CT molecular complexity index is 843. The number of thioether (sulfide) groups is 2. The SMILES string of the molecule is CC(=O)Oc1ccc(/C=C2/N=C(SCc3ccccc3)SC2=O)cc1. The summed E-state index contributed by atoms with van der Waals surface area (Å²) in [5.74, 6) is 0.896. The van der Waals surface area contributed by atoms with Gasteiger partial charge in [0.2, 0.25) is 5.12 Å². The maximum atomic E-state index is 12.1. The molecular formula is C19H15NO3S2. The summed E-state index contributed by atoms with van der Waals surface area (Å²) < 4.78 is 5.75. The molecule has 0 fully saturated rings. The maximum absolute atomic E-state index is 12.1. The number of hydrogen-bond acceptors (Lipinski definition) is 6. The van der Waals surface area contributed by atoms with E-state index < -0.39 is 0 Å². The highest BCUT2D eigenvalue weighted by atomic mass is 32.2. The molecule has 0 saturated carbocycles. The predicted molar refractivity (Wildman–Crippen MR) is 103 cm³/mol. The van der Waals surface area contributed by atoms with Crippen LogP contribution in [0.1, 0.15) is 18.1 Å². The average molecular weight is 369 g/mol. The molecule has 0 spiro atoms. The van der Waals surface area contributed by atoms with Crippen molar-refractivity contribution in [1.82, 2.24) is 0 Å². The van der Waals surface area contributed by atoms with Crippen LogP contribution in [0.2, 0.25) is 0 Å². The Morgan fingerprint density at radius 3 is 2.56 bits per heavy atom. The van der Waals surface area contributed by atoms with Gasteiger partial charge in [-0.25, -0.2) is 4.99 Å². The molecule has 1 aliphatic rings. The average Bonchev–Trinajstić information content (AvgIpc) is 2.95. The second-order valence-corrected chi connectivity index (χ2v) is 7.42. The van der Waals surface area contributed by atoms with Gasteiger partial charge >= 0.3 is 5.97 Å². The maximum Gasteiger partial charge on any atom is 0.308 e. The summed E-state index contributed by atoms with van der Waals surface area (Å²) in [5, 5.41) is -0.0559. The van der Waals surface area contributed by atoms with Crippen LogP contribution in [0.5, 0.6) is 5.75 Å². The van der Waals surface area contributed by atoms with Gasteiger partial charge in [-0.2, -0.15) is 0 Å². The van der Waals surface area contributed by atoms with E-state index in [9.17, 15) is 9.59 Å². The fourth-order valence-electron chi connectivity index (χ4n) is 2.13. The normalized spacial score (nSPS) is 15.3. The van der Waals surface area contributed by atoms with Crippen LogP contribution in [0.3, 0.4) is 0 Å². The Balaban J connectivity index is 1.67. The third-order valence-corrected chi connectivity index (χ3v) is 5.33. The molecule has 0 aromatic heterocycles. The minimum Gasteiger partial charge on any atom is -0.427 e. The molecule has 0 unspecified atom stereocenters. The van der Waals surface area contributed by atoms with Gasteiger partial charge in [0.1, 0.15) is 15.8 Å². The van der Waals surface area contributed by atoms with Crippen molar-refractivity contribution in [2.24, 2.45) is 4.99 Å². The van der Waals surface area contributed by atoms with Crippen LogP contribution in [-0.4, -0.2) is 15.5 Å². The molecule has 3 rings (SSSR count). The van der Waals surface area contributed by atoms with Crippen LogP contribution in [0, 0.1) is 0 Å². The Kier molecular flexibility index (Phi) is 5.73. The van der Waals surface area contributed by atoms with Crippen LogP contribution >= 0.6 is 23.5 Å². The van der Waals surface area contributed by atoms with Crippen LogP contribution < -0.4 is 4.74 Å². The third-order valence-electron chi connectivity index (χ3n) is 3.25. The van der Waals surface area contributed by atoms with Gasteiger partial charge in [-0.05, 0) is 41.1 Å². The van der Waals surface area contributed by atoms with Crippen molar-refractivity contribution in [2.45, 2.75) is 12.7 Å². The summed E-state index contributed by atoms with van der Waals surface area (Å²) in [7, 11) is 0. The molecule has 0 radical (unpaired) electrons. The number of carbonyl (C=O) groups is 2. The van der Waals surface area contributed by atoms with Gasteiger partial charge in [-0.3, -0.25) is 9.59 Å². The third kappa shape index (κ3) is 5.08. The lowest BCUT2D eigenvalue weighted by Crippen LogP contribution is -2.00. The van der Waals surface area contributed by atoms with E-state index in [1.807, 2.05) is 18.2 Å². The second-order valence-electron chi connectivity index (χ2n) is 5.23. The minimum absolute atomic E-state index is 0.0559. The summed E-state index contributed by atoms with van der Waals surface area (Å²) >= 11 is 2.72. The number of esters is 1. The van der Waals surface area contributed by atoms with Crippen molar-refractivity contribution in [3.05, 3.63) is 71.4 Å². The highest BCUT2D eigenvalue weighted by Crippen LogP contribution is 2.32. The van der Waals surface area contributed by atoms with Gasteiger partial charge in [0.05, 0.1) is 0 Å². The van der Waals surface area contributed by atoms with Crippen LogP contribution in [0.4, 0.5) is 0 Å². The largest absolute Gasteiger partial charge is 0.427 e. The van der Waals surface area contributed by atoms with Gasteiger partial charge in [-0.1, -0.05) is 54.2 Å². The van der Waals surface area contributed by atoms with Crippen molar-refractivity contribution in [3.63, 3.8) is 0 Å². The number of benzene rings is 2. The van der Waals surface area contributed by atoms with Crippen molar-refractivity contribution >= 4 is 45.1 Å². The lowest BCUT2D eigenvalue weighted by Gasteiger charge is -2.01. The highest BCUT2D eigenvalue weighted by molar-refractivity contribution is 8.45. The molecule has 6 heteroatoms. The van der Waals surface area contributed by atoms with E-state index in [-0.39, 0.29) is 11.1 Å². The zero-order valence-corrected chi connectivity index (χ0v) is 15.1. The predicted octanol–water partition coefficient (Wildman–Crippen LogP) is 4.52. The van der Waals surface area contributed by atoms with Crippen LogP contribution in [-0.2, 0) is 15.3 Å². The topological polar surface area (TPSA) is 55.7 Å². The number of rotatable bonds is 4. The summed E-state index contributed by atoms with van der Waals surface area (Å²) in [6.45, 7) is 1.35. The molecule has 25 heavy (non-hydrogen) atoms. The highest BCUT2D eigenvalue weighted by Gasteiger charge is 2.22. The van der Waals surface area contributed by atoms with Crippen molar-refractivity contribution < 1.29 is 14.3 Å². The molecule has 4 nitrogen and oxygen atoms in total. The lowest BCUT2D eigenvalue weighted by molar-refractivity contribution is -0.131. The van der Waals surface area contributed by atoms with Crippen molar-refractivity contribution in [2.75, 3.05) is 0 Å². The smallest absolute Gasteiger partial charge is 0.308 e. The fourth-order valence-corrected chi connectivity index (χ4v) is 3.92. The number of ether oxygens (including phenoxy) is 1. The number of aliphatic imine (C=N–C) groups is 1. The summed E-state index contributed by atoms with van der Waals surface area (Å²) in [5.41, 5.74) is 2.46. The first kappa shape index (κ1) is 17.5. The van der Waals surface area contributed by atoms with E-state index in [4.69, 9.17) is 4.74 Å². The molecule has 0 bridgehead atoms. The van der Waals surface area contributed by atoms with Crippen molar-refractivity contribution in [1.29, 1.82) is 0 Å². The molecular weight excluding hydrogens is 354 g/mol. The fraction of sp³-hybridized carbons (Fsp3) is 0.105. The van der Waals surface area contributed by atoms with Gasteiger partial charge in [0.15, 0.2) is 0 Å². The Morgan fingerprint density at radius 2 is 1.88 bits per heavy atom. The Labute approximate surface area is 154 Å². The molecule has 1 heterocycles. The van der Waals surface area contributed by atoms with E-state index in [0.29, 0.717) is 11.4 Å². The van der Waals surface area contributed by atoms with Crippen LogP contribution in [0.25, 0.3) is 6.08 Å². The number of hydrogen-bond donors (Lipinski definition) is 0. The quantitative estimate of drug-likeness (QED) is 0.451. The second kappa shape index (κ2) is 8.18. The number of nitrogens with zero attached hydrogens (tertiary/aromatic N) is 1. The van der Waals surface area contributed by atoms with E-state index in [1.54, 1.807) is 42.1 Å². The van der Waals surface area contributed by atoms with Gasteiger partial charge in [0.25, 0.3) is 0 Å². The molecule has 2 aromatic carbocycles. The summed E-state index contributed by atoms with van der Waals surface area (Å²) in [6, 6.07) is 17.0. The molecule has 0 amide bonds. The summed E-state index contributed by atoms with van der Waals surface area (Å²) in [4.78, 5) is 27.4. The Morgan fingerprint density at radius 1 is 1.16 bits per heavy atom. The molecule has 0 saturated heterocycles. The lowest BCUT2D eigenvalue weighted by atomic mass is 10.2. The van der Waals surface area contributed by atoms with E-state index >= 15 is 0 Å². The standard InChI is InChI=1S/C19H15NO3S2/c1-13(21)23-16-9-7-14(8-10-16)11-17-18(22)25-19(20-17)24-12-15-5-3-2-4-6-15/h2-11H,12H2,1H3/b17-11+. The Hall–Kier alpha value is -2.31. The van der Waals surface area contributed by atoms with E-state index in [0.717, 1.165) is 27.5 Å². The molecule has 0 N–H and O–H groups in total. The summed E-state index contributed by atoms with van der Waals surface area (Å²) in [6.07, 6.45) is 1.74. The molecule has 0 atom stereocenters. The zero-order valence-electron chi connectivity index (χ0n) is 13.5. The first-order chi connectivity index (χ1) is 12.1. The molecule has 126 valence electrons. The van der Waals surface area contributed by atoms with E-state index in [2.05, 4.69) is 17.1 Å². The van der Waals surface area contributed by atoms with Gasteiger partial charge in [0, 0.05) is 12.7 Å².